The Morgan fingerprint density at radius 1 is 1.08 bits per heavy atom. The molecule has 2 amide bonds. The molecule has 4 rings (SSSR count). The van der Waals surface area contributed by atoms with Crippen LogP contribution < -0.4 is 4.90 Å². The molecule has 0 N–H and O–H groups in total. The van der Waals surface area contributed by atoms with Gasteiger partial charge >= 0.3 is 12.2 Å². The molecule has 37 heavy (non-hydrogen) atoms. The molecule has 3 heterocycles. The number of methoxy groups -OCH3 is 1. The van der Waals surface area contributed by atoms with Crippen LogP contribution in [0.2, 0.25) is 5.28 Å². The van der Waals surface area contributed by atoms with Crippen molar-refractivity contribution in [3.05, 3.63) is 52.4 Å². The highest BCUT2D eigenvalue weighted by Crippen LogP contribution is 2.30. The lowest BCUT2D eigenvalue weighted by Gasteiger charge is -2.42. The maximum Gasteiger partial charge on any atom is 0.410 e. The zero-order chi connectivity index (χ0) is 26.6. The molecule has 0 saturated carbocycles. The first-order valence-corrected chi connectivity index (χ1v) is 12.8. The van der Waals surface area contributed by atoms with E-state index >= 15 is 0 Å². The number of amides is 2. The van der Waals surface area contributed by atoms with Gasteiger partial charge in [0.2, 0.25) is 5.28 Å². The summed E-state index contributed by atoms with van der Waals surface area (Å²) < 4.78 is 16.5. The van der Waals surface area contributed by atoms with E-state index in [0.29, 0.717) is 44.9 Å². The second kappa shape index (κ2) is 11.5. The minimum Gasteiger partial charge on any atom is -0.445 e. The number of anilines is 1. The molecule has 11 heteroatoms. The van der Waals surface area contributed by atoms with Gasteiger partial charge in [-0.05, 0) is 44.4 Å². The fraction of sp³-hybridized carbons (Fsp3) is 0.538. The Hall–Kier alpha value is -3.11. The zero-order valence-corrected chi connectivity index (χ0v) is 22.5. The van der Waals surface area contributed by atoms with Crippen molar-refractivity contribution in [1.29, 1.82) is 0 Å². The van der Waals surface area contributed by atoms with Crippen LogP contribution in [0.1, 0.15) is 37.6 Å². The van der Waals surface area contributed by atoms with Crippen LogP contribution in [-0.2, 0) is 33.8 Å². The summed E-state index contributed by atoms with van der Waals surface area (Å²) in [6.45, 7) is 8.41. The Bertz CT molecular complexity index is 1110. The number of benzene rings is 1. The molecule has 1 saturated heterocycles. The lowest BCUT2D eigenvalue weighted by atomic mass is 10.0. The first-order chi connectivity index (χ1) is 17.6. The van der Waals surface area contributed by atoms with Gasteiger partial charge in [-0.3, -0.25) is 4.90 Å². The first kappa shape index (κ1) is 26.9. The maximum absolute atomic E-state index is 12.8. The van der Waals surface area contributed by atoms with Crippen molar-refractivity contribution in [3.63, 3.8) is 0 Å². The summed E-state index contributed by atoms with van der Waals surface area (Å²) in [5, 5.41) is 0.117. The SMILES string of the molecule is COCC1CN(c2nc(Cl)nc3c2CCN(C(=O)OCc2ccccc2)C3)CCN1C(=O)OC(C)(C)C. The van der Waals surface area contributed by atoms with Gasteiger partial charge in [0.15, 0.2) is 0 Å². The molecule has 0 spiro atoms. The molecule has 0 aliphatic carbocycles. The lowest BCUT2D eigenvalue weighted by Crippen LogP contribution is -2.58. The van der Waals surface area contributed by atoms with Gasteiger partial charge in [0.05, 0.1) is 24.9 Å². The second-order valence-electron chi connectivity index (χ2n) is 10.2. The Kier molecular flexibility index (Phi) is 8.39. The van der Waals surface area contributed by atoms with E-state index in [-0.39, 0.29) is 30.6 Å². The van der Waals surface area contributed by atoms with Crippen LogP contribution in [0.25, 0.3) is 0 Å². The molecule has 10 nitrogen and oxygen atoms in total. The Morgan fingerprint density at radius 3 is 2.54 bits per heavy atom. The minimum absolute atomic E-state index is 0.117. The number of halogens is 1. The van der Waals surface area contributed by atoms with Crippen LogP contribution in [0, 0.1) is 0 Å². The number of hydrogen-bond acceptors (Lipinski definition) is 8. The normalized spacial score (nSPS) is 17.9. The van der Waals surface area contributed by atoms with Gasteiger partial charge < -0.3 is 24.0 Å². The number of carbonyl (C=O) groups excluding carboxylic acids is 2. The predicted molar refractivity (Wildman–Crippen MR) is 139 cm³/mol. The van der Waals surface area contributed by atoms with E-state index in [9.17, 15) is 9.59 Å². The maximum atomic E-state index is 12.8. The smallest absolute Gasteiger partial charge is 0.410 e. The standard InChI is InChI=1S/C26H34ClN5O5/c1-26(2,3)37-25(34)32-13-12-30(14-19(32)17-35-4)22-20-10-11-31(15-21(20)28-23(27)29-22)24(33)36-16-18-8-6-5-7-9-18/h5-9,19H,10-17H2,1-4H3. The van der Waals surface area contributed by atoms with Crippen LogP contribution in [0.3, 0.4) is 0 Å². The van der Waals surface area contributed by atoms with Gasteiger partial charge in [-0.25, -0.2) is 19.6 Å². The molecule has 1 atom stereocenters. The fourth-order valence-corrected chi connectivity index (χ4v) is 4.73. The highest BCUT2D eigenvalue weighted by Gasteiger charge is 2.36. The number of ether oxygens (including phenoxy) is 3. The van der Waals surface area contributed by atoms with Gasteiger partial charge in [-0.15, -0.1) is 0 Å². The molecule has 1 aromatic carbocycles. The molecule has 200 valence electrons. The van der Waals surface area contributed by atoms with Gasteiger partial charge in [0.1, 0.15) is 18.0 Å². The van der Waals surface area contributed by atoms with Crippen LogP contribution in [0.15, 0.2) is 30.3 Å². The highest BCUT2D eigenvalue weighted by atomic mass is 35.5. The molecule has 1 unspecified atom stereocenters. The number of rotatable bonds is 5. The minimum atomic E-state index is -0.584. The number of fused-ring (bicyclic) bond motifs is 1. The molecule has 0 bridgehead atoms. The van der Waals surface area contributed by atoms with E-state index in [0.717, 1.165) is 16.9 Å². The lowest BCUT2D eigenvalue weighted by molar-refractivity contribution is 0.00336. The molecule has 2 aliphatic rings. The fourth-order valence-electron chi connectivity index (χ4n) is 4.55. The monoisotopic (exact) mass is 531 g/mol. The third kappa shape index (κ3) is 6.81. The van der Waals surface area contributed by atoms with Gasteiger partial charge in [-0.1, -0.05) is 30.3 Å². The van der Waals surface area contributed by atoms with Crippen molar-refractivity contribution in [2.24, 2.45) is 0 Å². The van der Waals surface area contributed by atoms with Crippen molar-refractivity contribution in [1.82, 2.24) is 19.8 Å². The Balaban J connectivity index is 1.46. The number of hydrogen-bond donors (Lipinski definition) is 0. The summed E-state index contributed by atoms with van der Waals surface area (Å²) in [7, 11) is 1.61. The number of piperazine rings is 1. The molecule has 0 radical (unpaired) electrons. The molecular formula is C26H34ClN5O5. The predicted octanol–water partition coefficient (Wildman–Crippen LogP) is 3.90. The van der Waals surface area contributed by atoms with Crippen molar-refractivity contribution in [3.8, 4) is 0 Å². The van der Waals surface area contributed by atoms with E-state index in [1.54, 1.807) is 16.9 Å². The molecule has 1 fully saturated rings. The third-order valence-corrected chi connectivity index (χ3v) is 6.42. The van der Waals surface area contributed by atoms with Crippen LogP contribution in [0.5, 0.6) is 0 Å². The summed E-state index contributed by atoms with van der Waals surface area (Å²) in [5.74, 6) is 0.734. The summed E-state index contributed by atoms with van der Waals surface area (Å²) >= 11 is 6.33. The quantitative estimate of drug-likeness (QED) is 0.536. The zero-order valence-electron chi connectivity index (χ0n) is 21.8. The van der Waals surface area contributed by atoms with Gasteiger partial charge in [0, 0.05) is 38.9 Å². The first-order valence-electron chi connectivity index (χ1n) is 12.4. The van der Waals surface area contributed by atoms with Crippen molar-refractivity contribution < 1.29 is 23.8 Å². The molecule has 2 aromatic rings. The van der Waals surface area contributed by atoms with Crippen LogP contribution in [-0.4, -0.2) is 83.5 Å². The average Bonchev–Trinajstić information content (AvgIpc) is 2.86. The summed E-state index contributed by atoms with van der Waals surface area (Å²) in [6, 6.07) is 9.35. The van der Waals surface area contributed by atoms with Gasteiger partial charge in [-0.2, -0.15) is 0 Å². The summed E-state index contributed by atoms with van der Waals surface area (Å²) in [6.07, 6.45) is -0.178. The molecule has 2 aliphatic heterocycles. The second-order valence-corrected chi connectivity index (χ2v) is 10.5. The topological polar surface area (TPSA) is 97.3 Å². The van der Waals surface area contributed by atoms with Crippen molar-refractivity contribution in [2.45, 2.75) is 52.0 Å². The van der Waals surface area contributed by atoms with Crippen LogP contribution in [0.4, 0.5) is 15.4 Å². The summed E-state index contributed by atoms with van der Waals surface area (Å²) in [5.41, 5.74) is 2.00. The van der Waals surface area contributed by atoms with E-state index in [2.05, 4.69) is 14.9 Å². The number of nitrogens with zero attached hydrogens (tertiary/aromatic N) is 5. The van der Waals surface area contributed by atoms with E-state index < -0.39 is 11.7 Å². The largest absolute Gasteiger partial charge is 0.445 e. The van der Waals surface area contributed by atoms with E-state index in [1.807, 2.05) is 51.1 Å². The van der Waals surface area contributed by atoms with Crippen molar-refractivity contribution in [2.75, 3.05) is 44.8 Å². The third-order valence-electron chi connectivity index (χ3n) is 6.25. The average molecular weight is 532 g/mol. The highest BCUT2D eigenvalue weighted by molar-refractivity contribution is 6.28. The Morgan fingerprint density at radius 2 is 1.84 bits per heavy atom. The van der Waals surface area contributed by atoms with E-state index in [4.69, 9.17) is 25.8 Å². The molecular weight excluding hydrogens is 498 g/mol. The van der Waals surface area contributed by atoms with Gasteiger partial charge in [0.25, 0.3) is 0 Å². The van der Waals surface area contributed by atoms with Crippen molar-refractivity contribution >= 4 is 29.6 Å². The number of carbonyl (C=O) groups is 2. The van der Waals surface area contributed by atoms with E-state index in [1.165, 1.54) is 0 Å². The molecule has 1 aromatic heterocycles. The Labute approximate surface area is 222 Å². The number of aromatic nitrogens is 2. The van der Waals surface area contributed by atoms with Crippen LogP contribution >= 0.6 is 11.6 Å². The summed E-state index contributed by atoms with van der Waals surface area (Å²) in [4.78, 5) is 40.0.